The highest BCUT2D eigenvalue weighted by molar-refractivity contribution is 5.23. The van der Waals surface area contributed by atoms with Crippen LogP contribution in [0, 0.1) is 6.92 Å². The molecule has 0 aliphatic rings. The average Bonchev–Trinajstić information content (AvgIpc) is 2.37. The van der Waals surface area contributed by atoms with Crippen molar-refractivity contribution in [2.45, 2.75) is 58.6 Å². The van der Waals surface area contributed by atoms with Crippen LogP contribution in [0.15, 0.2) is 24.3 Å². The van der Waals surface area contributed by atoms with Gasteiger partial charge in [0, 0.05) is 12.6 Å². The summed E-state index contributed by atoms with van der Waals surface area (Å²) in [6.45, 7) is 7.13. The Balaban J connectivity index is 2.43. The second-order valence-electron chi connectivity index (χ2n) is 5.11. The van der Waals surface area contributed by atoms with Gasteiger partial charge in [-0.2, -0.15) is 0 Å². The highest BCUT2D eigenvalue weighted by Gasteiger charge is 2.11. The fourth-order valence-electron chi connectivity index (χ4n) is 2.23. The zero-order valence-electron chi connectivity index (χ0n) is 11.9. The molecule has 0 aliphatic carbocycles. The predicted molar refractivity (Wildman–Crippen MR) is 77.7 cm³/mol. The van der Waals surface area contributed by atoms with Gasteiger partial charge in [0.25, 0.3) is 0 Å². The van der Waals surface area contributed by atoms with Gasteiger partial charge in [0.05, 0.1) is 6.10 Å². The largest absolute Gasteiger partial charge is 0.387 e. The molecule has 0 amide bonds. The van der Waals surface area contributed by atoms with Gasteiger partial charge in [0.1, 0.15) is 0 Å². The number of hydrogen-bond acceptors (Lipinski definition) is 2. The van der Waals surface area contributed by atoms with Gasteiger partial charge < -0.3 is 10.4 Å². The Morgan fingerprint density at radius 3 is 2.11 bits per heavy atom. The summed E-state index contributed by atoms with van der Waals surface area (Å²) >= 11 is 0. The van der Waals surface area contributed by atoms with Crippen molar-refractivity contribution in [1.29, 1.82) is 0 Å². The van der Waals surface area contributed by atoms with Crippen molar-refractivity contribution in [1.82, 2.24) is 5.32 Å². The molecule has 2 nitrogen and oxygen atoms in total. The Morgan fingerprint density at radius 2 is 1.61 bits per heavy atom. The van der Waals surface area contributed by atoms with E-state index in [-0.39, 0.29) is 0 Å². The summed E-state index contributed by atoms with van der Waals surface area (Å²) in [5.74, 6) is 0. The SMILES string of the molecule is CCCC(CCC)NC[C@@H](O)c1ccc(C)cc1. The molecule has 0 saturated carbocycles. The second-order valence-corrected chi connectivity index (χ2v) is 5.11. The molecule has 2 N–H and O–H groups in total. The monoisotopic (exact) mass is 249 g/mol. The zero-order chi connectivity index (χ0) is 13.4. The summed E-state index contributed by atoms with van der Waals surface area (Å²) in [6, 6.07) is 8.66. The van der Waals surface area contributed by atoms with E-state index in [1.807, 2.05) is 24.3 Å². The smallest absolute Gasteiger partial charge is 0.0914 e. The molecule has 0 heterocycles. The first kappa shape index (κ1) is 15.2. The first-order chi connectivity index (χ1) is 8.67. The van der Waals surface area contributed by atoms with Gasteiger partial charge in [-0.1, -0.05) is 56.5 Å². The first-order valence-corrected chi connectivity index (χ1v) is 7.15. The number of aryl methyl sites for hydroxylation is 1. The van der Waals surface area contributed by atoms with E-state index >= 15 is 0 Å². The molecule has 0 spiro atoms. The lowest BCUT2D eigenvalue weighted by Crippen LogP contribution is -2.32. The number of hydrogen-bond donors (Lipinski definition) is 2. The third-order valence-electron chi connectivity index (χ3n) is 3.34. The maximum absolute atomic E-state index is 10.1. The Hall–Kier alpha value is -0.860. The van der Waals surface area contributed by atoms with E-state index in [2.05, 4.69) is 26.1 Å². The van der Waals surface area contributed by atoms with E-state index in [0.29, 0.717) is 12.6 Å². The Labute approximate surface area is 111 Å². The quantitative estimate of drug-likeness (QED) is 0.738. The lowest BCUT2D eigenvalue weighted by Gasteiger charge is -2.20. The fraction of sp³-hybridized carbons (Fsp3) is 0.625. The van der Waals surface area contributed by atoms with Gasteiger partial charge in [0.2, 0.25) is 0 Å². The second kappa shape index (κ2) is 8.28. The lowest BCUT2D eigenvalue weighted by molar-refractivity contribution is 0.168. The standard InChI is InChI=1S/C16H27NO/c1-4-6-15(7-5-2)17-12-16(18)14-10-8-13(3)9-11-14/h8-11,15-18H,4-7,12H2,1-3H3/t16-/m1/s1. The minimum absolute atomic E-state index is 0.401. The van der Waals surface area contributed by atoms with Gasteiger partial charge in [-0.15, -0.1) is 0 Å². The van der Waals surface area contributed by atoms with Crippen molar-refractivity contribution in [3.8, 4) is 0 Å². The van der Waals surface area contributed by atoms with Crippen molar-refractivity contribution in [3.63, 3.8) is 0 Å². The summed E-state index contributed by atoms with van der Waals surface area (Å²) in [5.41, 5.74) is 2.23. The highest BCUT2D eigenvalue weighted by atomic mass is 16.3. The van der Waals surface area contributed by atoms with Crippen LogP contribution in [0.4, 0.5) is 0 Å². The molecule has 18 heavy (non-hydrogen) atoms. The molecule has 1 aromatic carbocycles. The van der Waals surface area contributed by atoms with Crippen molar-refractivity contribution in [2.24, 2.45) is 0 Å². The fourth-order valence-corrected chi connectivity index (χ4v) is 2.23. The van der Waals surface area contributed by atoms with Gasteiger partial charge in [-0.05, 0) is 25.3 Å². The molecular formula is C16H27NO. The lowest BCUT2D eigenvalue weighted by atomic mass is 10.0. The molecule has 1 rings (SSSR count). The summed E-state index contributed by atoms with van der Waals surface area (Å²) in [4.78, 5) is 0. The van der Waals surface area contributed by atoms with Crippen LogP contribution in [0.1, 0.15) is 56.8 Å². The van der Waals surface area contributed by atoms with Crippen LogP contribution in [0.25, 0.3) is 0 Å². The summed E-state index contributed by atoms with van der Waals surface area (Å²) in [6.07, 6.45) is 4.36. The molecule has 0 radical (unpaired) electrons. The normalized spacial score (nSPS) is 12.9. The van der Waals surface area contributed by atoms with Crippen LogP contribution in [-0.4, -0.2) is 17.7 Å². The maximum atomic E-state index is 10.1. The molecule has 0 aromatic heterocycles. The molecule has 0 unspecified atom stereocenters. The number of aliphatic hydroxyl groups is 1. The number of nitrogens with one attached hydrogen (secondary N) is 1. The minimum atomic E-state index is -0.401. The molecule has 102 valence electrons. The van der Waals surface area contributed by atoms with E-state index < -0.39 is 6.10 Å². The van der Waals surface area contributed by atoms with E-state index in [1.165, 1.54) is 31.2 Å². The van der Waals surface area contributed by atoms with E-state index in [0.717, 1.165) is 5.56 Å². The molecule has 0 saturated heterocycles. The Morgan fingerprint density at radius 1 is 1.06 bits per heavy atom. The van der Waals surface area contributed by atoms with E-state index in [9.17, 15) is 5.11 Å². The van der Waals surface area contributed by atoms with Crippen LogP contribution < -0.4 is 5.32 Å². The minimum Gasteiger partial charge on any atom is -0.387 e. The summed E-state index contributed by atoms with van der Waals surface area (Å²) < 4.78 is 0. The third kappa shape index (κ3) is 5.19. The van der Waals surface area contributed by atoms with E-state index in [1.54, 1.807) is 0 Å². The van der Waals surface area contributed by atoms with Gasteiger partial charge in [-0.3, -0.25) is 0 Å². The van der Waals surface area contributed by atoms with E-state index in [4.69, 9.17) is 0 Å². The number of rotatable bonds is 8. The van der Waals surface area contributed by atoms with Crippen molar-refractivity contribution in [3.05, 3.63) is 35.4 Å². The van der Waals surface area contributed by atoms with Crippen molar-refractivity contribution >= 4 is 0 Å². The molecule has 1 atom stereocenters. The van der Waals surface area contributed by atoms with Gasteiger partial charge >= 0.3 is 0 Å². The maximum Gasteiger partial charge on any atom is 0.0914 e. The molecule has 0 bridgehead atoms. The molecular weight excluding hydrogens is 222 g/mol. The van der Waals surface area contributed by atoms with Crippen molar-refractivity contribution in [2.75, 3.05) is 6.54 Å². The van der Waals surface area contributed by atoms with Crippen molar-refractivity contribution < 1.29 is 5.11 Å². The zero-order valence-corrected chi connectivity index (χ0v) is 11.9. The highest BCUT2D eigenvalue weighted by Crippen LogP contribution is 2.14. The number of benzene rings is 1. The van der Waals surface area contributed by atoms with Crippen LogP contribution in [0.2, 0.25) is 0 Å². The molecule has 0 fully saturated rings. The summed E-state index contributed by atoms with van der Waals surface area (Å²) in [7, 11) is 0. The average molecular weight is 249 g/mol. The summed E-state index contributed by atoms with van der Waals surface area (Å²) in [5, 5.41) is 13.6. The Bertz CT molecular complexity index is 314. The topological polar surface area (TPSA) is 32.3 Å². The Kier molecular flexibility index (Phi) is 6.99. The van der Waals surface area contributed by atoms with Crippen LogP contribution in [-0.2, 0) is 0 Å². The van der Waals surface area contributed by atoms with Gasteiger partial charge in [0.15, 0.2) is 0 Å². The molecule has 2 heteroatoms. The first-order valence-electron chi connectivity index (χ1n) is 7.15. The van der Waals surface area contributed by atoms with Gasteiger partial charge in [-0.25, -0.2) is 0 Å². The predicted octanol–water partition coefficient (Wildman–Crippen LogP) is 3.59. The van der Waals surface area contributed by atoms with Crippen LogP contribution in [0.5, 0.6) is 0 Å². The molecule has 1 aromatic rings. The van der Waals surface area contributed by atoms with Crippen LogP contribution >= 0.6 is 0 Å². The van der Waals surface area contributed by atoms with Crippen LogP contribution in [0.3, 0.4) is 0 Å². The number of aliphatic hydroxyl groups excluding tert-OH is 1. The third-order valence-corrected chi connectivity index (χ3v) is 3.34. The molecule has 0 aliphatic heterocycles.